The smallest absolute Gasteiger partial charge is 0.134 e. The summed E-state index contributed by atoms with van der Waals surface area (Å²) >= 11 is 5.97. The van der Waals surface area contributed by atoms with Crippen molar-refractivity contribution in [3.8, 4) is 16.9 Å². The van der Waals surface area contributed by atoms with E-state index in [0.29, 0.717) is 27.6 Å². The van der Waals surface area contributed by atoms with Crippen LogP contribution in [0.4, 0.5) is 10.1 Å². The number of benzene rings is 2. The molecule has 2 nitrogen and oxygen atoms in total. The van der Waals surface area contributed by atoms with Crippen LogP contribution >= 0.6 is 11.6 Å². The third-order valence-corrected chi connectivity index (χ3v) is 2.77. The lowest BCUT2D eigenvalue weighted by Gasteiger charge is -2.15. The molecule has 100 valence electrons. The Morgan fingerprint density at radius 2 is 1.95 bits per heavy atom. The van der Waals surface area contributed by atoms with Gasteiger partial charge in [-0.25, -0.2) is 4.39 Å². The van der Waals surface area contributed by atoms with Crippen molar-refractivity contribution >= 4 is 17.3 Å². The van der Waals surface area contributed by atoms with Crippen LogP contribution in [-0.4, -0.2) is 6.10 Å². The fourth-order valence-electron chi connectivity index (χ4n) is 1.89. The fraction of sp³-hybridized carbons (Fsp3) is 0.200. The topological polar surface area (TPSA) is 35.2 Å². The third-order valence-electron chi connectivity index (χ3n) is 2.55. The first-order valence-electron chi connectivity index (χ1n) is 5.99. The number of hydrogen-bond acceptors (Lipinski definition) is 2. The molecule has 0 aliphatic carbocycles. The highest BCUT2D eigenvalue weighted by atomic mass is 35.5. The largest absolute Gasteiger partial charge is 0.490 e. The van der Waals surface area contributed by atoms with Crippen molar-refractivity contribution in [3.63, 3.8) is 0 Å². The van der Waals surface area contributed by atoms with E-state index in [1.54, 1.807) is 30.3 Å². The van der Waals surface area contributed by atoms with Crippen LogP contribution in [0.3, 0.4) is 0 Å². The molecule has 0 radical (unpaired) electrons. The zero-order valence-electron chi connectivity index (χ0n) is 10.8. The van der Waals surface area contributed by atoms with Gasteiger partial charge in [0.25, 0.3) is 0 Å². The maximum Gasteiger partial charge on any atom is 0.134 e. The minimum atomic E-state index is -0.361. The zero-order chi connectivity index (χ0) is 14.0. The lowest BCUT2D eigenvalue weighted by Crippen LogP contribution is -2.07. The molecule has 0 heterocycles. The summed E-state index contributed by atoms with van der Waals surface area (Å²) in [6, 6.07) is 9.70. The van der Waals surface area contributed by atoms with Gasteiger partial charge in [0.05, 0.1) is 11.7 Å². The number of hydrogen-bond donors (Lipinski definition) is 1. The van der Waals surface area contributed by atoms with E-state index in [0.717, 1.165) is 0 Å². The highest BCUT2D eigenvalue weighted by molar-refractivity contribution is 6.31. The first-order valence-corrected chi connectivity index (χ1v) is 6.37. The van der Waals surface area contributed by atoms with E-state index in [-0.39, 0.29) is 11.9 Å². The molecular weight excluding hydrogens is 265 g/mol. The van der Waals surface area contributed by atoms with Gasteiger partial charge in [-0.1, -0.05) is 17.7 Å². The molecule has 2 aromatic rings. The normalized spacial score (nSPS) is 10.8. The van der Waals surface area contributed by atoms with Crippen molar-refractivity contribution in [1.29, 1.82) is 0 Å². The fourth-order valence-corrected chi connectivity index (χ4v) is 2.14. The standard InChI is InChI=1S/C15H15ClFNO/c1-9(2)19-14-5-3-4-13(17)15(14)10-6-11(16)8-12(18)7-10/h3-9H,18H2,1-2H3. The van der Waals surface area contributed by atoms with E-state index >= 15 is 0 Å². The van der Waals surface area contributed by atoms with Crippen molar-refractivity contribution < 1.29 is 9.13 Å². The monoisotopic (exact) mass is 279 g/mol. The van der Waals surface area contributed by atoms with Crippen LogP contribution in [0.15, 0.2) is 36.4 Å². The Labute approximate surface area is 117 Å². The molecule has 0 atom stereocenters. The summed E-state index contributed by atoms with van der Waals surface area (Å²) in [5.41, 5.74) is 7.23. The van der Waals surface area contributed by atoms with Crippen LogP contribution in [0.25, 0.3) is 11.1 Å². The third kappa shape index (κ3) is 3.18. The summed E-state index contributed by atoms with van der Waals surface area (Å²) < 4.78 is 19.7. The second-order valence-corrected chi connectivity index (χ2v) is 4.99. The second-order valence-electron chi connectivity index (χ2n) is 4.55. The molecule has 2 rings (SSSR count). The molecule has 0 bridgehead atoms. The second kappa shape index (κ2) is 5.49. The van der Waals surface area contributed by atoms with E-state index in [1.165, 1.54) is 6.07 Å². The lowest BCUT2D eigenvalue weighted by atomic mass is 10.0. The van der Waals surface area contributed by atoms with E-state index in [2.05, 4.69) is 0 Å². The summed E-state index contributed by atoms with van der Waals surface area (Å²) in [5, 5.41) is 0.466. The van der Waals surface area contributed by atoms with Crippen LogP contribution in [0, 0.1) is 5.82 Å². The first kappa shape index (κ1) is 13.7. The van der Waals surface area contributed by atoms with Gasteiger partial charge >= 0.3 is 0 Å². The number of nitrogen functional groups attached to an aromatic ring is 1. The SMILES string of the molecule is CC(C)Oc1cccc(F)c1-c1cc(N)cc(Cl)c1. The van der Waals surface area contributed by atoms with Crippen molar-refractivity contribution in [2.24, 2.45) is 0 Å². The summed E-state index contributed by atoms with van der Waals surface area (Å²) in [6.45, 7) is 3.78. The van der Waals surface area contributed by atoms with E-state index < -0.39 is 0 Å². The molecular formula is C15H15ClFNO. The van der Waals surface area contributed by atoms with Gasteiger partial charge in [-0.15, -0.1) is 0 Å². The predicted molar refractivity (Wildman–Crippen MR) is 77.0 cm³/mol. The Balaban J connectivity index is 2.59. The Kier molecular flexibility index (Phi) is 3.96. The quantitative estimate of drug-likeness (QED) is 0.839. The molecule has 0 aliphatic rings. The number of ether oxygens (including phenoxy) is 1. The molecule has 0 amide bonds. The average molecular weight is 280 g/mol. The molecule has 2 N–H and O–H groups in total. The molecule has 19 heavy (non-hydrogen) atoms. The zero-order valence-corrected chi connectivity index (χ0v) is 11.5. The molecule has 0 fully saturated rings. The maximum atomic E-state index is 14.1. The van der Waals surface area contributed by atoms with Crippen molar-refractivity contribution in [2.45, 2.75) is 20.0 Å². The summed E-state index contributed by atoms with van der Waals surface area (Å²) in [7, 11) is 0. The van der Waals surface area contributed by atoms with Gasteiger partial charge in [-0.05, 0) is 49.7 Å². The van der Waals surface area contributed by atoms with Crippen LogP contribution in [0.2, 0.25) is 5.02 Å². The van der Waals surface area contributed by atoms with Crippen LogP contribution in [-0.2, 0) is 0 Å². The van der Waals surface area contributed by atoms with Gasteiger partial charge < -0.3 is 10.5 Å². The predicted octanol–water partition coefficient (Wildman–Crippen LogP) is 4.52. The molecule has 0 aromatic heterocycles. The van der Waals surface area contributed by atoms with E-state index in [9.17, 15) is 4.39 Å². The summed E-state index contributed by atoms with van der Waals surface area (Å²) in [4.78, 5) is 0. The molecule has 2 aromatic carbocycles. The Bertz CT molecular complexity index is 578. The number of anilines is 1. The van der Waals surface area contributed by atoms with Crippen molar-refractivity contribution in [2.75, 3.05) is 5.73 Å². The molecule has 0 unspecified atom stereocenters. The van der Waals surface area contributed by atoms with E-state index in [1.807, 2.05) is 13.8 Å². The molecule has 0 saturated carbocycles. The highest BCUT2D eigenvalue weighted by Gasteiger charge is 2.14. The van der Waals surface area contributed by atoms with E-state index in [4.69, 9.17) is 22.1 Å². The highest BCUT2D eigenvalue weighted by Crippen LogP contribution is 2.35. The van der Waals surface area contributed by atoms with Gasteiger partial charge in [0.15, 0.2) is 0 Å². The molecule has 0 aliphatic heterocycles. The molecule has 4 heteroatoms. The van der Waals surface area contributed by atoms with Gasteiger partial charge in [-0.2, -0.15) is 0 Å². The average Bonchev–Trinajstić information content (AvgIpc) is 2.26. The summed E-state index contributed by atoms with van der Waals surface area (Å²) in [5.74, 6) is 0.122. The lowest BCUT2D eigenvalue weighted by molar-refractivity contribution is 0.242. The Morgan fingerprint density at radius 3 is 2.58 bits per heavy atom. The Hall–Kier alpha value is -1.74. The van der Waals surface area contributed by atoms with Crippen LogP contribution in [0.1, 0.15) is 13.8 Å². The molecule has 0 saturated heterocycles. The van der Waals surface area contributed by atoms with Crippen molar-refractivity contribution in [3.05, 3.63) is 47.2 Å². The number of halogens is 2. The summed E-state index contributed by atoms with van der Waals surface area (Å²) in [6.07, 6.45) is -0.0444. The Morgan fingerprint density at radius 1 is 1.21 bits per heavy atom. The van der Waals surface area contributed by atoms with Crippen LogP contribution in [0.5, 0.6) is 5.75 Å². The van der Waals surface area contributed by atoms with Gasteiger partial charge in [0.1, 0.15) is 11.6 Å². The minimum absolute atomic E-state index is 0.0444. The first-order chi connectivity index (χ1) is 8.97. The molecule has 0 spiro atoms. The van der Waals surface area contributed by atoms with Gasteiger partial charge in [0, 0.05) is 10.7 Å². The van der Waals surface area contributed by atoms with Crippen LogP contribution < -0.4 is 10.5 Å². The van der Waals surface area contributed by atoms with Gasteiger partial charge in [-0.3, -0.25) is 0 Å². The maximum absolute atomic E-state index is 14.1. The van der Waals surface area contributed by atoms with Gasteiger partial charge in [0.2, 0.25) is 0 Å². The number of nitrogens with two attached hydrogens (primary N) is 1. The number of rotatable bonds is 3. The minimum Gasteiger partial charge on any atom is -0.490 e. The van der Waals surface area contributed by atoms with Crippen molar-refractivity contribution in [1.82, 2.24) is 0 Å².